The lowest BCUT2D eigenvalue weighted by molar-refractivity contribution is -0.106. The first-order chi connectivity index (χ1) is 6.22. The molecule has 0 N–H and O–H groups in total. The highest BCUT2D eigenvalue weighted by atomic mass is 16.1. The molecule has 1 heteroatoms. The molecule has 0 bridgehead atoms. The van der Waals surface area contributed by atoms with Crippen LogP contribution in [0.4, 0.5) is 0 Å². The van der Waals surface area contributed by atoms with Gasteiger partial charge in [0, 0.05) is 0 Å². The van der Waals surface area contributed by atoms with Gasteiger partial charge in [-0.3, -0.25) is 0 Å². The first kappa shape index (κ1) is 12.4. The van der Waals surface area contributed by atoms with E-state index in [0.29, 0.717) is 0 Å². The van der Waals surface area contributed by atoms with Gasteiger partial charge in [0.15, 0.2) is 0 Å². The van der Waals surface area contributed by atoms with Crippen molar-refractivity contribution in [2.45, 2.75) is 40.5 Å². The Balaban J connectivity index is 0.000000251. The van der Waals surface area contributed by atoms with E-state index < -0.39 is 0 Å². The quantitative estimate of drug-likeness (QED) is 0.414. The van der Waals surface area contributed by atoms with Gasteiger partial charge >= 0.3 is 0 Å². The predicted molar refractivity (Wildman–Crippen MR) is 57.6 cm³/mol. The molecule has 0 radical (unpaired) electrons. The van der Waals surface area contributed by atoms with Crippen molar-refractivity contribution < 1.29 is 4.79 Å². The molecule has 13 heavy (non-hydrogen) atoms. The van der Waals surface area contributed by atoms with Crippen molar-refractivity contribution in [2.75, 3.05) is 0 Å². The largest absolute Gasteiger partial charge is 0.304 e. The van der Waals surface area contributed by atoms with Gasteiger partial charge in [0.1, 0.15) is 6.29 Å². The zero-order valence-electron chi connectivity index (χ0n) is 9.34. The fourth-order valence-electron chi connectivity index (χ4n) is 2.08. The standard InChI is InChI=1S/C8H12.C2H4O.C2H6/c1-5-6(2)8-4-3-7(5)8;1-2-3;1-2/h6-8H,1,3-4H2,2H3;2H,1H3;1-2H3. The number of aldehydes is 1. The monoisotopic (exact) mass is 182 g/mol. The van der Waals surface area contributed by atoms with Gasteiger partial charge in [0.25, 0.3) is 0 Å². The summed E-state index contributed by atoms with van der Waals surface area (Å²) in [6, 6.07) is 0. The van der Waals surface area contributed by atoms with Crippen LogP contribution >= 0.6 is 0 Å². The highest BCUT2D eigenvalue weighted by Gasteiger charge is 2.47. The van der Waals surface area contributed by atoms with Crippen LogP contribution in [0.1, 0.15) is 40.5 Å². The minimum absolute atomic E-state index is 0.750. The maximum atomic E-state index is 8.81. The molecule has 2 rings (SSSR count). The SMILES string of the molecule is C=C1C(C)C2CCC12.CC.CC=O. The van der Waals surface area contributed by atoms with Gasteiger partial charge in [-0.1, -0.05) is 32.9 Å². The van der Waals surface area contributed by atoms with Gasteiger partial charge in [-0.25, -0.2) is 0 Å². The van der Waals surface area contributed by atoms with E-state index in [-0.39, 0.29) is 0 Å². The molecule has 0 saturated heterocycles. The molecule has 0 aromatic heterocycles. The second-order valence-electron chi connectivity index (χ2n) is 3.45. The van der Waals surface area contributed by atoms with Crippen molar-refractivity contribution in [3.8, 4) is 0 Å². The number of hydrogen-bond acceptors (Lipinski definition) is 1. The normalized spacial score (nSPS) is 33.2. The third-order valence-corrected chi connectivity index (χ3v) is 3.03. The summed E-state index contributed by atoms with van der Waals surface area (Å²) in [5.74, 6) is 2.89. The molecular weight excluding hydrogens is 160 g/mol. The Morgan fingerprint density at radius 3 is 1.92 bits per heavy atom. The maximum Gasteiger partial charge on any atom is 0.116 e. The van der Waals surface area contributed by atoms with Gasteiger partial charge in [-0.05, 0) is 37.5 Å². The molecule has 2 fully saturated rings. The minimum atomic E-state index is 0.750. The lowest BCUT2D eigenvalue weighted by Gasteiger charge is -2.54. The van der Waals surface area contributed by atoms with Crippen LogP contribution in [0.2, 0.25) is 0 Å². The number of carbonyl (C=O) groups is 1. The highest BCUT2D eigenvalue weighted by Crippen LogP contribution is 2.56. The molecule has 0 aromatic carbocycles. The van der Waals surface area contributed by atoms with Gasteiger partial charge in [-0.15, -0.1) is 0 Å². The van der Waals surface area contributed by atoms with E-state index in [0.717, 1.165) is 24.0 Å². The first-order valence-electron chi connectivity index (χ1n) is 5.30. The highest BCUT2D eigenvalue weighted by molar-refractivity contribution is 5.44. The molecule has 2 saturated carbocycles. The van der Waals surface area contributed by atoms with E-state index in [9.17, 15) is 0 Å². The zero-order chi connectivity index (χ0) is 10.4. The Hall–Kier alpha value is -0.590. The second-order valence-corrected chi connectivity index (χ2v) is 3.45. The van der Waals surface area contributed by atoms with Crippen molar-refractivity contribution in [3.05, 3.63) is 12.2 Å². The summed E-state index contributed by atoms with van der Waals surface area (Å²) in [5, 5.41) is 0. The topological polar surface area (TPSA) is 17.1 Å². The van der Waals surface area contributed by atoms with Crippen molar-refractivity contribution in [3.63, 3.8) is 0 Å². The molecule has 2 aliphatic rings. The summed E-state index contributed by atoms with van der Waals surface area (Å²) in [4.78, 5) is 8.81. The lowest BCUT2D eigenvalue weighted by Crippen LogP contribution is -2.44. The maximum absolute atomic E-state index is 8.81. The number of fused-ring (bicyclic) bond motifs is 1. The van der Waals surface area contributed by atoms with Crippen molar-refractivity contribution in [1.29, 1.82) is 0 Å². The second kappa shape index (κ2) is 5.95. The fraction of sp³-hybridized carbons (Fsp3) is 0.750. The van der Waals surface area contributed by atoms with E-state index in [1.165, 1.54) is 25.3 Å². The number of allylic oxidation sites excluding steroid dienone is 1. The summed E-state index contributed by atoms with van der Waals surface area (Å²) >= 11 is 0. The number of rotatable bonds is 0. The van der Waals surface area contributed by atoms with Crippen LogP contribution < -0.4 is 0 Å². The molecule has 0 amide bonds. The Kier molecular flexibility index (Phi) is 5.68. The van der Waals surface area contributed by atoms with Gasteiger partial charge in [0.2, 0.25) is 0 Å². The minimum Gasteiger partial charge on any atom is -0.304 e. The van der Waals surface area contributed by atoms with Crippen molar-refractivity contribution in [2.24, 2.45) is 17.8 Å². The molecule has 2 aliphatic carbocycles. The molecule has 1 nitrogen and oxygen atoms in total. The van der Waals surface area contributed by atoms with Crippen LogP contribution in [0.5, 0.6) is 0 Å². The molecule has 0 aromatic rings. The van der Waals surface area contributed by atoms with E-state index in [1.807, 2.05) is 13.8 Å². The third-order valence-electron chi connectivity index (χ3n) is 3.03. The molecule has 76 valence electrons. The van der Waals surface area contributed by atoms with Crippen LogP contribution in [0.25, 0.3) is 0 Å². The Morgan fingerprint density at radius 1 is 1.38 bits per heavy atom. The molecule has 0 heterocycles. The van der Waals surface area contributed by atoms with Gasteiger partial charge in [-0.2, -0.15) is 0 Å². The van der Waals surface area contributed by atoms with Crippen LogP contribution in [0, 0.1) is 17.8 Å². The molecule has 0 spiro atoms. The third kappa shape index (κ3) is 2.43. The summed E-state index contributed by atoms with van der Waals surface area (Å²) in [5.41, 5.74) is 1.53. The van der Waals surface area contributed by atoms with Crippen LogP contribution in [-0.2, 0) is 4.79 Å². The average molecular weight is 182 g/mol. The lowest BCUT2D eigenvalue weighted by atomic mass is 9.51. The molecule has 3 unspecified atom stereocenters. The van der Waals surface area contributed by atoms with E-state index in [2.05, 4.69) is 13.5 Å². The summed E-state index contributed by atoms with van der Waals surface area (Å²) in [6.45, 7) is 11.8. The molecule has 0 aliphatic heterocycles. The summed E-state index contributed by atoms with van der Waals surface area (Å²) < 4.78 is 0. The van der Waals surface area contributed by atoms with Gasteiger partial charge < -0.3 is 4.79 Å². The summed E-state index contributed by atoms with van der Waals surface area (Å²) in [7, 11) is 0. The van der Waals surface area contributed by atoms with E-state index in [1.54, 1.807) is 0 Å². The first-order valence-corrected chi connectivity index (χ1v) is 5.30. The average Bonchev–Trinajstić information content (AvgIpc) is 2.08. The molecule has 3 atom stereocenters. The van der Waals surface area contributed by atoms with E-state index in [4.69, 9.17) is 4.79 Å². The smallest absolute Gasteiger partial charge is 0.116 e. The van der Waals surface area contributed by atoms with Crippen LogP contribution in [0.15, 0.2) is 12.2 Å². The zero-order valence-corrected chi connectivity index (χ0v) is 9.34. The predicted octanol–water partition coefficient (Wildman–Crippen LogP) is 3.45. The number of hydrogen-bond donors (Lipinski definition) is 0. The summed E-state index contributed by atoms with van der Waals surface area (Å²) in [6.07, 6.45) is 3.67. The van der Waals surface area contributed by atoms with E-state index >= 15 is 0 Å². The Labute approximate surface area is 82.2 Å². The van der Waals surface area contributed by atoms with Crippen LogP contribution in [0.3, 0.4) is 0 Å². The number of carbonyl (C=O) groups excluding carboxylic acids is 1. The Bertz CT molecular complexity index is 164. The fourth-order valence-corrected chi connectivity index (χ4v) is 2.08. The van der Waals surface area contributed by atoms with Gasteiger partial charge in [0.05, 0.1) is 0 Å². The Morgan fingerprint density at radius 2 is 1.85 bits per heavy atom. The molecular formula is C12H22O. The van der Waals surface area contributed by atoms with Crippen molar-refractivity contribution >= 4 is 6.29 Å². The van der Waals surface area contributed by atoms with Crippen molar-refractivity contribution in [1.82, 2.24) is 0 Å². The van der Waals surface area contributed by atoms with Crippen LogP contribution in [-0.4, -0.2) is 6.29 Å².